The normalized spacial score (nSPS) is 11.7. The van der Waals surface area contributed by atoms with Crippen molar-refractivity contribution < 1.29 is 14.9 Å². The molecule has 0 heterocycles. The van der Waals surface area contributed by atoms with Crippen LogP contribution in [-0.4, -0.2) is 25.0 Å². The van der Waals surface area contributed by atoms with Crippen molar-refractivity contribution in [3.63, 3.8) is 0 Å². The highest BCUT2D eigenvalue weighted by Crippen LogP contribution is 2.08. The molecule has 0 aromatic heterocycles. The summed E-state index contributed by atoms with van der Waals surface area (Å²) in [6, 6.07) is 8.73. The van der Waals surface area contributed by atoms with Crippen LogP contribution in [0.5, 0.6) is 0 Å². The molecule has 0 saturated heterocycles. The molecule has 0 saturated carbocycles. The van der Waals surface area contributed by atoms with Crippen LogP contribution in [-0.2, 0) is 4.79 Å². The highest BCUT2D eigenvalue weighted by molar-refractivity contribution is 5.96. The van der Waals surface area contributed by atoms with Crippen LogP contribution in [0.4, 0.5) is 4.79 Å². The molecular weight excluding hydrogens is 266 g/mol. The van der Waals surface area contributed by atoms with Crippen LogP contribution in [0, 0.1) is 0 Å². The van der Waals surface area contributed by atoms with E-state index >= 15 is 0 Å². The molecule has 0 unspecified atom stereocenters. The van der Waals surface area contributed by atoms with Gasteiger partial charge in [0.15, 0.2) is 6.04 Å². The maximum atomic E-state index is 12.3. The Bertz CT molecular complexity index is 434. The Hall–Kier alpha value is -1.88. The van der Waals surface area contributed by atoms with Gasteiger partial charge in [-0.1, -0.05) is 43.7 Å². The van der Waals surface area contributed by atoms with Crippen molar-refractivity contribution in [1.82, 2.24) is 10.6 Å². The first-order valence-corrected chi connectivity index (χ1v) is 7.66. The zero-order valence-corrected chi connectivity index (χ0v) is 12.9. The summed E-state index contributed by atoms with van der Waals surface area (Å²) in [5.41, 5.74) is 0.913. The van der Waals surface area contributed by atoms with Crippen LogP contribution in [0.1, 0.15) is 44.7 Å². The van der Waals surface area contributed by atoms with E-state index in [1.54, 1.807) is 0 Å². The molecule has 3 amide bonds. The third-order valence-corrected chi connectivity index (χ3v) is 3.23. The number of hydrogen-bond acceptors (Lipinski definition) is 2. The van der Waals surface area contributed by atoms with Gasteiger partial charge in [0.1, 0.15) is 0 Å². The van der Waals surface area contributed by atoms with E-state index in [-0.39, 0.29) is 11.9 Å². The van der Waals surface area contributed by atoms with Crippen molar-refractivity contribution in [1.29, 1.82) is 0 Å². The average Bonchev–Trinajstić information content (AvgIpc) is 2.48. The summed E-state index contributed by atoms with van der Waals surface area (Å²) in [5, 5.41) is 6.97. The quantitative estimate of drug-likeness (QED) is 0.632. The molecule has 0 aliphatic carbocycles. The molecule has 5 heteroatoms. The Morgan fingerprint density at radius 3 is 2.48 bits per heavy atom. The Morgan fingerprint density at radius 2 is 1.86 bits per heavy atom. The van der Waals surface area contributed by atoms with Crippen molar-refractivity contribution in [2.24, 2.45) is 0 Å². The monoisotopic (exact) mass is 292 g/mol. The van der Waals surface area contributed by atoms with Gasteiger partial charge in [0.05, 0.1) is 6.54 Å². The number of unbranched alkanes of at least 4 members (excludes halogenated alkanes) is 2. The summed E-state index contributed by atoms with van der Waals surface area (Å²) in [6.45, 7) is 5.33. The van der Waals surface area contributed by atoms with E-state index in [0.717, 1.165) is 31.4 Å². The van der Waals surface area contributed by atoms with Crippen LogP contribution in [0.3, 0.4) is 0 Å². The van der Waals surface area contributed by atoms with Gasteiger partial charge in [-0.2, -0.15) is 0 Å². The molecule has 1 rings (SSSR count). The SMILES string of the molecule is CCCCC[NH2+][C@@H](C(=O)NC(=O)NCC)c1ccccc1. The molecule has 0 radical (unpaired) electrons. The lowest BCUT2D eigenvalue weighted by molar-refractivity contribution is -0.683. The van der Waals surface area contributed by atoms with Crippen molar-refractivity contribution in [3.05, 3.63) is 35.9 Å². The van der Waals surface area contributed by atoms with Gasteiger partial charge in [-0.3, -0.25) is 10.1 Å². The first-order chi connectivity index (χ1) is 10.2. The molecule has 5 nitrogen and oxygen atoms in total. The number of benzene rings is 1. The number of rotatable bonds is 8. The van der Waals surface area contributed by atoms with Crippen LogP contribution in [0.25, 0.3) is 0 Å². The summed E-state index contributed by atoms with van der Waals surface area (Å²) in [6.07, 6.45) is 3.36. The Labute approximate surface area is 126 Å². The van der Waals surface area contributed by atoms with Crippen LogP contribution >= 0.6 is 0 Å². The number of carbonyl (C=O) groups is 2. The number of nitrogens with two attached hydrogens (primary N) is 1. The zero-order chi connectivity index (χ0) is 15.5. The van der Waals surface area contributed by atoms with Gasteiger partial charge in [0.2, 0.25) is 0 Å². The van der Waals surface area contributed by atoms with Crippen LogP contribution < -0.4 is 16.0 Å². The highest BCUT2D eigenvalue weighted by Gasteiger charge is 2.25. The lowest BCUT2D eigenvalue weighted by Crippen LogP contribution is -2.87. The molecule has 0 aliphatic rings. The van der Waals surface area contributed by atoms with Crippen molar-refractivity contribution in [3.8, 4) is 0 Å². The van der Waals surface area contributed by atoms with Crippen LogP contribution in [0.2, 0.25) is 0 Å². The Balaban J connectivity index is 2.67. The first kappa shape index (κ1) is 17.2. The van der Waals surface area contributed by atoms with Gasteiger partial charge >= 0.3 is 6.03 Å². The zero-order valence-electron chi connectivity index (χ0n) is 12.9. The third-order valence-electron chi connectivity index (χ3n) is 3.23. The van der Waals surface area contributed by atoms with Crippen molar-refractivity contribution >= 4 is 11.9 Å². The molecule has 0 aliphatic heterocycles. The largest absolute Gasteiger partial charge is 0.338 e. The lowest BCUT2D eigenvalue weighted by Gasteiger charge is -2.15. The van der Waals surface area contributed by atoms with E-state index in [2.05, 4.69) is 17.6 Å². The molecule has 0 bridgehead atoms. The van der Waals surface area contributed by atoms with E-state index in [9.17, 15) is 9.59 Å². The number of amides is 3. The smallest absolute Gasteiger partial charge is 0.321 e. The van der Waals surface area contributed by atoms with Gasteiger partial charge in [-0.05, 0) is 19.8 Å². The maximum absolute atomic E-state index is 12.3. The standard InChI is InChI=1S/C16H25N3O2/c1-3-5-9-12-18-14(13-10-7-6-8-11-13)15(20)19-16(21)17-4-2/h6-8,10-11,14,18H,3-5,9,12H2,1-2H3,(H2,17,19,20,21)/p+1/t14-/m1/s1. The molecule has 21 heavy (non-hydrogen) atoms. The number of hydrogen-bond donors (Lipinski definition) is 3. The topological polar surface area (TPSA) is 74.8 Å². The third kappa shape index (κ3) is 6.40. The van der Waals surface area contributed by atoms with E-state index in [1.807, 2.05) is 42.6 Å². The fourth-order valence-electron chi connectivity index (χ4n) is 2.13. The van der Waals surface area contributed by atoms with E-state index in [4.69, 9.17) is 0 Å². The molecule has 0 spiro atoms. The minimum Gasteiger partial charge on any atom is -0.338 e. The molecule has 0 fully saturated rings. The summed E-state index contributed by atoms with van der Waals surface area (Å²) in [4.78, 5) is 23.8. The molecular formula is C16H26N3O2+. The van der Waals surface area contributed by atoms with Gasteiger partial charge < -0.3 is 10.6 Å². The maximum Gasteiger partial charge on any atom is 0.321 e. The molecule has 1 aromatic rings. The van der Waals surface area contributed by atoms with Crippen LogP contribution in [0.15, 0.2) is 30.3 Å². The van der Waals surface area contributed by atoms with Gasteiger partial charge in [-0.25, -0.2) is 4.79 Å². The molecule has 4 N–H and O–H groups in total. The Kier molecular flexibility index (Phi) is 8.12. The van der Waals surface area contributed by atoms with Crippen molar-refractivity contribution in [2.45, 2.75) is 39.2 Å². The van der Waals surface area contributed by atoms with E-state index in [0.29, 0.717) is 6.54 Å². The second-order valence-electron chi connectivity index (χ2n) is 4.97. The predicted molar refractivity (Wildman–Crippen MR) is 82.7 cm³/mol. The molecule has 1 aromatic carbocycles. The van der Waals surface area contributed by atoms with Gasteiger partial charge in [0, 0.05) is 12.1 Å². The average molecular weight is 292 g/mol. The molecule has 116 valence electrons. The van der Waals surface area contributed by atoms with Gasteiger partial charge in [-0.15, -0.1) is 0 Å². The summed E-state index contributed by atoms with van der Waals surface area (Å²) in [7, 11) is 0. The van der Waals surface area contributed by atoms with Crippen molar-refractivity contribution in [2.75, 3.05) is 13.1 Å². The highest BCUT2D eigenvalue weighted by atomic mass is 16.2. The summed E-state index contributed by atoms with van der Waals surface area (Å²) >= 11 is 0. The predicted octanol–water partition coefficient (Wildman–Crippen LogP) is 1.33. The minimum atomic E-state index is -0.439. The fraction of sp³-hybridized carbons (Fsp3) is 0.500. The first-order valence-electron chi connectivity index (χ1n) is 7.66. The number of imide groups is 1. The second-order valence-corrected chi connectivity index (χ2v) is 4.97. The number of urea groups is 1. The Morgan fingerprint density at radius 1 is 1.14 bits per heavy atom. The fourth-order valence-corrected chi connectivity index (χ4v) is 2.13. The minimum absolute atomic E-state index is 0.274. The lowest BCUT2D eigenvalue weighted by atomic mass is 10.1. The van der Waals surface area contributed by atoms with E-state index in [1.165, 1.54) is 0 Å². The second kappa shape index (κ2) is 9.94. The van der Waals surface area contributed by atoms with E-state index < -0.39 is 6.03 Å². The summed E-state index contributed by atoms with van der Waals surface area (Å²) < 4.78 is 0. The van der Waals surface area contributed by atoms with Gasteiger partial charge in [0.25, 0.3) is 5.91 Å². The number of carbonyl (C=O) groups excluding carboxylic acids is 2. The number of quaternary nitrogens is 1. The number of nitrogens with one attached hydrogen (secondary N) is 2. The molecule has 1 atom stereocenters. The summed E-state index contributed by atoms with van der Waals surface area (Å²) in [5.74, 6) is -0.274.